The third-order valence-electron chi connectivity index (χ3n) is 14.9. The normalized spacial score (nSPS) is 28.6. The van der Waals surface area contributed by atoms with E-state index in [0.717, 1.165) is 72.8 Å². The van der Waals surface area contributed by atoms with E-state index in [9.17, 15) is 9.59 Å². The Morgan fingerprint density at radius 3 is 1.92 bits per heavy atom. The van der Waals surface area contributed by atoms with Crippen LogP contribution < -0.4 is 0 Å². The van der Waals surface area contributed by atoms with E-state index in [1.165, 1.54) is 6.92 Å². The van der Waals surface area contributed by atoms with Gasteiger partial charge in [0.15, 0.2) is 25.0 Å². The molecule has 0 aromatic carbocycles. The molecule has 9 nitrogen and oxygen atoms in total. The summed E-state index contributed by atoms with van der Waals surface area (Å²) in [7, 11) is -4.20. The number of ether oxygens (including phenoxy) is 4. The molecule has 354 valence electrons. The molecule has 11 unspecified atom stereocenters. The van der Waals surface area contributed by atoms with E-state index in [0.29, 0.717) is 12.3 Å². The lowest BCUT2D eigenvalue weighted by Crippen LogP contribution is -2.46. The van der Waals surface area contributed by atoms with Gasteiger partial charge in [-0.15, -0.1) is 0 Å². The molecule has 0 radical (unpaired) electrons. The summed E-state index contributed by atoms with van der Waals surface area (Å²) in [5.41, 5.74) is 0.370. The van der Waals surface area contributed by atoms with Crippen molar-refractivity contribution in [2.75, 3.05) is 7.11 Å². The number of hydrogen-bond acceptors (Lipinski definition) is 9. The van der Waals surface area contributed by atoms with Gasteiger partial charge >= 0.3 is 11.9 Å². The van der Waals surface area contributed by atoms with Crippen LogP contribution in [0.25, 0.3) is 0 Å². The van der Waals surface area contributed by atoms with Crippen molar-refractivity contribution in [3.8, 4) is 0 Å². The molecule has 2 rings (SSSR count). The number of rotatable bonds is 25. The first-order chi connectivity index (χ1) is 28.8. The van der Waals surface area contributed by atoms with Crippen LogP contribution in [0.4, 0.5) is 0 Å². The molecule has 0 saturated carbocycles. The highest BCUT2D eigenvalue weighted by Gasteiger charge is 2.51. The fraction of sp³-hybridized carbons (Fsp3) is 0.837. The van der Waals surface area contributed by atoms with E-state index in [-0.39, 0.29) is 54.6 Å². The van der Waals surface area contributed by atoms with Crippen LogP contribution in [0.1, 0.15) is 136 Å². The molecule has 0 bridgehead atoms. The van der Waals surface area contributed by atoms with Gasteiger partial charge in [0, 0.05) is 38.4 Å². The van der Waals surface area contributed by atoms with E-state index < -0.39 is 48.9 Å². The second-order valence-electron chi connectivity index (χ2n) is 18.8. The summed E-state index contributed by atoms with van der Waals surface area (Å²) < 4.78 is 46.2. The van der Waals surface area contributed by atoms with Crippen molar-refractivity contribution in [3.05, 3.63) is 36.0 Å². The molecule has 2 heterocycles. The van der Waals surface area contributed by atoms with Gasteiger partial charge < -0.3 is 32.2 Å². The number of allylic oxidation sites excluding steroid dienone is 2. The van der Waals surface area contributed by atoms with Crippen molar-refractivity contribution in [2.24, 2.45) is 17.8 Å². The number of esters is 2. The molecule has 11 atom stereocenters. The molecule has 12 heteroatoms. The van der Waals surface area contributed by atoms with E-state index >= 15 is 0 Å². The minimum atomic E-state index is -2.08. The van der Waals surface area contributed by atoms with Gasteiger partial charge in [-0.1, -0.05) is 114 Å². The topological polar surface area (TPSA) is 102 Å². The van der Waals surface area contributed by atoms with Crippen molar-refractivity contribution in [1.29, 1.82) is 0 Å². The van der Waals surface area contributed by atoms with E-state index in [1.807, 2.05) is 26.0 Å². The third kappa shape index (κ3) is 15.9. The number of cyclic esters (lactones) is 1. The zero-order valence-electron chi connectivity index (χ0n) is 42.0. The second-order valence-corrected chi connectivity index (χ2v) is 32.9. The molecule has 1 fully saturated rings. The van der Waals surface area contributed by atoms with Crippen molar-refractivity contribution in [2.45, 2.75) is 239 Å². The zero-order valence-corrected chi connectivity index (χ0v) is 45.0. The number of hydrogen-bond donors (Lipinski definition) is 0. The van der Waals surface area contributed by atoms with Gasteiger partial charge in [0.1, 0.15) is 18.3 Å². The lowest BCUT2D eigenvalue weighted by atomic mass is 9.90. The van der Waals surface area contributed by atoms with E-state index in [1.54, 1.807) is 7.11 Å². The quantitative estimate of drug-likeness (QED) is 0.0291. The minimum Gasteiger partial charge on any atom is -0.457 e. The molecule has 0 N–H and O–H groups in total. The van der Waals surface area contributed by atoms with Crippen LogP contribution in [-0.2, 0) is 41.8 Å². The highest BCUT2D eigenvalue weighted by molar-refractivity contribution is 6.74. The van der Waals surface area contributed by atoms with Crippen LogP contribution in [0.5, 0.6) is 0 Å². The molecule has 2 aliphatic rings. The summed E-state index contributed by atoms with van der Waals surface area (Å²) >= 11 is 0. The standard InChI is InChI=1S/C49H92O9Si3/c1-18-42(57-60(22-5,23-6)24-7)39(14)48-44(54-48)35-49(16,58-61(25-8,26-9)27-10)32-28-29-36(11)46-37(12)30-31-43(53-40(15)50)47(52-17)38(13)33-41(34-45(51)55-46)56-59(19-2,20-3)21-4/h28-32,37-39,41-44,46-48H,18-27,33-35H2,1-17H3/b31-30-,32-28+,36-29+. The first kappa shape index (κ1) is 55.7. The Kier molecular flexibility index (Phi) is 23.7. The number of epoxide rings is 1. The van der Waals surface area contributed by atoms with Crippen molar-refractivity contribution in [3.63, 3.8) is 0 Å². The summed E-state index contributed by atoms with van der Waals surface area (Å²) in [5, 5.41) is 0. The van der Waals surface area contributed by atoms with Gasteiger partial charge in [-0.05, 0) is 98.7 Å². The number of methoxy groups -OCH3 is 1. The summed E-state index contributed by atoms with van der Waals surface area (Å²) in [6, 6.07) is 9.50. The smallest absolute Gasteiger partial charge is 0.308 e. The molecular formula is C49H92O9Si3. The first-order valence-corrected chi connectivity index (χ1v) is 32.0. The van der Waals surface area contributed by atoms with Gasteiger partial charge in [0.05, 0.1) is 30.3 Å². The maximum absolute atomic E-state index is 14.0. The predicted molar refractivity (Wildman–Crippen MR) is 259 cm³/mol. The molecule has 0 aromatic rings. The largest absolute Gasteiger partial charge is 0.457 e. The molecule has 0 spiro atoms. The molecular weight excluding hydrogens is 817 g/mol. The van der Waals surface area contributed by atoms with Crippen LogP contribution in [0, 0.1) is 17.8 Å². The van der Waals surface area contributed by atoms with E-state index in [4.69, 9.17) is 32.2 Å². The molecule has 0 amide bonds. The van der Waals surface area contributed by atoms with Crippen LogP contribution >= 0.6 is 0 Å². The lowest BCUT2D eigenvalue weighted by Gasteiger charge is -2.39. The van der Waals surface area contributed by atoms with Gasteiger partial charge in [-0.3, -0.25) is 9.59 Å². The average molecular weight is 910 g/mol. The number of carbonyl (C=O) groups is 2. The molecule has 61 heavy (non-hydrogen) atoms. The van der Waals surface area contributed by atoms with Crippen molar-refractivity contribution >= 4 is 36.9 Å². The Balaban J connectivity index is 2.55. The van der Waals surface area contributed by atoms with Gasteiger partial charge in [-0.25, -0.2) is 0 Å². The summed E-state index contributed by atoms with van der Waals surface area (Å²) in [5.74, 6) is -0.613. The molecule has 1 saturated heterocycles. The lowest BCUT2D eigenvalue weighted by molar-refractivity contribution is -0.153. The third-order valence-corrected chi connectivity index (χ3v) is 29.0. The van der Waals surface area contributed by atoms with Crippen LogP contribution in [0.3, 0.4) is 0 Å². The highest BCUT2D eigenvalue weighted by Crippen LogP contribution is 2.42. The minimum absolute atomic E-state index is 0.0527. The predicted octanol–water partition coefficient (Wildman–Crippen LogP) is 12.7. The fourth-order valence-corrected chi connectivity index (χ4v) is 18.9. The number of carbonyl (C=O) groups excluding carboxylic acids is 2. The second kappa shape index (κ2) is 25.9. The van der Waals surface area contributed by atoms with Gasteiger partial charge in [0.25, 0.3) is 0 Å². The Hall–Kier alpha value is -1.39. The van der Waals surface area contributed by atoms with E-state index in [2.05, 4.69) is 108 Å². The first-order valence-electron chi connectivity index (χ1n) is 24.5. The summed E-state index contributed by atoms with van der Waals surface area (Å²) in [6.45, 7) is 34.7. The van der Waals surface area contributed by atoms with Crippen molar-refractivity contribution < 1.29 is 41.8 Å². The SMILES string of the molecule is CCC(O[Si](CC)(CC)CC)C(C)C1OC1CC(C)(/C=C/C=C(\C)C1OC(=O)CC(O[Si](CC)(CC)CC)CC(C)C(OC)C(OC(C)=O)/C=C\C1C)O[Si](CC)(CC)CC. The van der Waals surface area contributed by atoms with Crippen molar-refractivity contribution in [1.82, 2.24) is 0 Å². The van der Waals surface area contributed by atoms with Gasteiger partial charge in [-0.2, -0.15) is 0 Å². The molecule has 0 aliphatic carbocycles. The van der Waals surface area contributed by atoms with Crippen LogP contribution in [0.2, 0.25) is 54.4 Å². The monoisotopic (exact) mass is 909 g/mol. The zero-order chi connectivity index (χ0) is 46.2. The summed E-state index contributed by atoms with van der Waals surface area (Å²) in [4.78, 5) is 26.4. The Morgan fingerprint density at radius 1 is 0.869 bits per heavy atom. The Morgan fingerprint density at radius 2 is 1.43 bits per heavy atom. The van der Waals surface area contributed by atoms with Gasteiger partial charge in [0.2, 0.25) is 0 Å². The highest BCUT2D eigenvalue weighted by atomic mass is 28.4. The average Bonchev–Trinajstić information content (AvgIpc) is 4.01. The fourth-order valence-electron chi connectivity index (χ4n) is 9.93. The molecule has 2 aliphatic heterocycles. The Labute approximate surface area is 377 Å². The van der Waals surface area contributed by atoms with Crippen LogP contribution in [-0.4, -0.2) is 92.3 Å². The maximum Gasteiger partial charge on any atom is 0.308 e. The molecule has 0 aromatic heterocycles. The Bertz CT molecular complexity index is 1380. The summed E-state index contributed by atoms with van der Waals surface area (Å²) in [6.07, 6.45) is 11.3. The maximum atomic E-state index is 14.0. The van der Waals surface area contributed by atoms with Crippen LogP contribution in [0.15, 0.2) is 36.0 Å².